The predicted molar refractivity (Wildman–Crippen MR) is 170 cm³/mol. The van der Waals surface area contributed by atoms with E-state index in [2.05, 4.69) is 43.3 Å². The molecule has 0 radical (unpaired) electrons. The number of carbonyl (C=O) groups is 1. The summed E-state index contributed by atoms with van der Waals surface area (Å²) in [5, 5.41) is 46.3. The van der Waals surface area contributed by atoms with Gasteiger partial charge in [-0.15, -0.1) is 0 Å². The molecule has 0 aromatic heterocycles. The lowest BCUT2D eigenvalue weighted by atomic mass is 9.45. The Morgan fingerprint density at radius 3 is 2.49 bits per heavy atom. The summed E-state index contributed by atoms with van der Waals surface area (Å²) < 4.78 is 12.5. The third-order valence-corrected chi connectivity index (χ3v) is 14.1. The van der Waals surface area contributed by atoms with Crippen molar-refractivity contribution in [3.05, 3.63) is 59.7 Å². The number of allylic oxidation sites excluding steroid dienone is 1. The standard InChI is InChI=1S/C38H52O7/c1-23-21-44-32(26(23)20-39)33(41)36(4,42)31-12-15-38(43)28-18-30(40)29-19-37(14-10-25(22-45-37)24-8-6-5-7-9-24)17-16-34(29,2)27(28)11-13-35(31,38)3/h5-10,14,18,23,25-27,29,31-33,39,41-43H,11-13,15-17,19-22H2,1-4H3. The second-order valence-electron chi connectivity index (χ2n) is 16.3. The maximum absolute atomic E-state index is 14.1. The van der Waals surface area contributed by atoms with Gasteiger partial charge in [0.25, 0.3) is 0 Å². The number of benzene rings is 1. The molecule has 2 aliphatic heterocycles. The Balaban J connectivity index is 1.14. The largest absolute Gasteiger partial charge is 0.396 e. The molecule has 7 nitrogen and oxygen atoms in total. The molecule has 4 N–H and O–H groups in total. The van der Waals surface area contributed by atoms with Crippen LogP contribution in [0.3, 0.4) is 0 Å². The molecule has 0 bridgehead atoms. The number of fused-ring (bicyclic) bond motifs is 5. The molecule has 1 spiro atoms. The van der Waals surface area contributed by atoms with Gasteiger partial charge >= 0.3 is 0 Å². The van der Waals surface area contributed by atoms with Gasteiger partial charge in [0.2, 0.25) is 0 Å². The van der Waals surface area contributed by atoms with Crippen molar-refractivity contribution < 1.29 is 34.7 Å². The van der Waals surface area contributed by atoms with Crippen LogP contribution in [0, 0.1) is 40.4 Å². The predicted octanol–water partition coefficient (Wildman–Crippen LogP) is 4.72. The molecule has 1 saturated heterocycles. The van der Waals surface area contributed by atoms with Gasteiger partial charge < -0.3 is 29.9 Å². The van der Waals surface area contributed by atoms with Crippen LogP contribution in [0.25, 0.3) is 0 Å². The summed E-state index contributed by atoms with van der Waals surface area (Å²) in [5.41, 5.74) is -2.14. The lowest BCUT2D eigenvalue weighted by Gasteiger charge is -2.61. The van der Waals surface area contributed by atoms with Crippen LogP contribution >= 0.6 is 0 Å². The zero-order valence-electron chi connectivity index (χ0n) is 27.3. The quantitative estimate of drug-likeness (QED) is 0.352. The van der Waals surface area contributed by atoms with Crippen molar-refractivity contribution in [2.24, 2.45) is 40.4 Å². The van der Waals surface area contributed by atoms with Gasteiger partial charge in [-0.2, -0.15) is 0 Å². The van der Waals surface area contributed by atoms with E-state index in [0.717, 1.165) is 24.8 Å². The minimum atomic E-state index is -1.54. The van der Waals surface area contributed by atoms with E-state index in [-0.39, 0.29) is 47.4 Å². The molecule has 45 heavy (non-hydrogen) atoms. The van der Waals surface area contributed by atoms with E-state index in [0.29, 0.717) is 38.9 Å². The fourth-order valence-corrected chi connectivity index (χ4v) is 11.1. The zero-order chi connectivity index (χ0) is 32.0. The highest BCUT2D eigenvalue weighted by atomic mass is 16.5. The molecule has 246 valence electrons. The van der Waals surface area contributed by atoms with Crippen LogP contribution in [0.1, 0.15) is 84.1 Å². The summed E-state index contributed by atoms with van der Waals surface area (Å²) in [4.78, 5) is 14.1. The summed E-state index contributed by atoms with van der Waals surface area (Å²) in [6.45, 7) is 8.89. The topological polar surface area (TPSA) is 116 Å². The van der Waals surface area contributed by atoms with Gasteiger partial charge in [0.05, 0.1) is 36.1 Å². The van der Waals surface area contributed by atoms with Crippen molar-refractivity contribution in [3.8, 4) is 0 Å². The number of hydrogen-bond acceptors (Lipinski definition) is 7. The SMILES string of the molecule is CC1COC(C(O)C(C)(O)C2CCC3(O)C4=CC(=O)C5CC6(C=CC(c7ccccc7)CO6)CCC5(C)C4CCC23C)C1CO. The molecule has 2 heterocycles. The highest BCUT2D eigenvalue weighted by molar-refractivity contribution is 5.95. The van der Waals surface area contributed by atoms with Crippen LogP contribution in [0.2, 0.25) is 0 Å². The molecule has 3 saturated carbocycles. The van der Waals surface area contributed by atoms with Gasteiger partial charge in [-0.05, 0) is 92.3 Å². The second kappa shape index (κ2) is 10.8. The van der Waals surface area contributed by atoms with E-state index in [1.165, 1.54) is 5.56 Å². The highest BCUT2D eigenvalue weighted by Crippen LogP contribution is 2.69. The van der Waals surface area contributed by atoms with Crippen LogP contribution in [0.4, 0.5) is 0 Å². The molecule has 0 amide bonds. The third kappa shape index (κ3) is 4.55. The molecule has 4 aliphatic carbocycles. The fourth-order valence-electron chi connectivity index (χ4n) is 11.1. The number of carbonyl (C=O) groups excluding carboxylic acids is 1. The van der Waals surface area contributed by atoms with Crippen molar-refractivity contribution in [3.63, 3.8) is 0 Å². The summed E-state index contributed by atoms with van der Waals surface area (Å²) >= 11 is 0. The van der Waals surface area contributed by atoms with Crippen molar-refractivity contribution in [2.45, 2.75) is 108 Å². The average Bonchev–Trinajstić information content (AvgIpc) is 3.55. The van der Waals surface area contributed by atoms with Gasteiger partial charge in [0, 0.05) is 29.8 Å². The normalized spacial score (nSPS) is 47.9. The molecule has 1 aromatic rings. The van der Waals surface area contributed by atoms with Crippen LogP contribution in [0.15, 0.2) is 54.1 Å². The molecular formula is C38H52O7. The summed E-state index contributed by atoms with van der Waals surface area (Å²) in [6, 6.07) is 10.4. The Morgan fingerprint density at radius 2 is 1.80 bits per heavy atom. The molecule has 13 unspecified atom stereocenters. The van der Waals surface area contributed by atoms with Crippen LogP contribution in [-0.2, 0) is 14.3 Å². The number of ether oxygens (including phenoxy) is 2. The fraction of sp³-hybridized carbons (Fsp3) is 0.711. The van der Waals surface area contributed by atoms with E-state index in [9.17, 15) is 25.2 Å². The summed E-state index contributed by atoms with van der Waals surface area (Å²) in [7, 11) is 0. The molecule has 7 rings (SSSR count). The molecule has 13 atom stereocenters. The molecule has 1 aromatic carbocycles. The molecule has 6 aliphatic rings. The minimum Gasteiger partial charge on any atom is -0.396 e. The minimum absolute atomic E-state index is 0.0756. The van der Waals surface area contributed by atoms with Crippen molar-refractivity contribution in [1.29, 1.82) is 0 Å². The summed E-state index contributed by atoms with van der Waals surface area (Å²) in [6.07, 6.45) is 9.22. The zero-order valence-corrected chi connectivity index (χ0v) is 27.3. The second-order valence-corrected chi connectivity index (χ2v) is 16.3. The van der Waals surface area contributed by atoms with Crippen LogP contribution in [-0.4, -0.2) is 75.0 Å². The Bertz CT molecular complexity index is 1370. The maximum Gasteiger partial charge on any atom is 0.159 e. The van der Waals surface area contributed by atoms with Gasteiger partial charge in [-0.25, -0.2) is 0 Å². The lowest BCUT2D eigenvalue weighted by Crippen LogP contribution is -2.63. The van der Waals surface area contributed by atoms with Gasteiger partial charge in [-0.1, -0.05) is 63.3 Å². The van der Waals surface area contributed by atoms with Crippen molar-refractivity contribution in [2.75, 3.05) is 19.8 Å². The number of aliphatic hydroxyl groups excluding tert-OH is 2. The third-order valence-electron chi connectivity index (χ3n) is 14.1. The van der Waals surface area contributed by atoms with Crippen molar-refractivity contribution in [1.82, 2.24) is 0 Å². The first-order valence-electron chi connectivity index (χ1n) is 17.3. The Morgan fingerprint density at radius 1 is 1.04 bits per heavy atom. The van der Waals surface area contributed by atoms with E-state index in [4.69, 9.17) is 9.47 Å². The monoisotopic (exact) mass is 620 g/mol. The van der Waals surface area contributed by atoms with Crippen LogP contribution in [0.5, 0.6) is 0 Å². The Kier molecular flexibility index (Phi) is 7.63. The average molecular weight is 621 g/mol. The smallest absolute Gasteiger partial charge is 0.159 e. The molecule has 4 fully saturated rings. The van der Waals surface area contributed by atoms with Gasteiger partial charge in [-0.3, -0.25) is 4.79 Å². The number of ketones is 1. The van der Waals surface area contributed by atoms with E-state index in [1.807, 2.05) is 19.9 Å². The number of aliphatic hydroxyl groups is 4. The molecular weight excluding hydrogens is 568 g/mol. The Labute approximate surface area is 267 Å². The number of rotatable bonds is 5. The maximum atomic E-state index is 14.1. The lowest BCUT2D eigenvalue weighted by molar-refractivity contribution is -0.195. The highest BCUT2D eigenvalue weighted by Gasteiger charge is 2.70. The van der Waals surface area contributed by atoms with Crippen molar-refractivity contribution >= 4 is 5.78 Å². The molecule has 7 heteroatoms. The first-order chi connectivity index (χ1) is 21.3. The first-order valence-corrected chi connectivity index (χ1v) is 17.3. The van der Waals surface area contributed by atoms with Gasteiger partial charge in [0.15, 0.2) is 5.78 Å². The first kappa shape index (κ1) is 31.7. The van der Waals surface area contributed by atoms with E-state index >= 15 is 0 Å². The van der Waals surface area contributed by atoms with Gasteiger partial charge in [0.1, 0.15) is 6.10 Å². The number of hydrogen-bond donors (Lipinski definition) is 4. The van der Waals surface area contributed by atoms with E-state index in [1.54, 1.807) is 13.0 Å². The van der Waals surface area contributed by atoms with Crippen LogP contribution < -0.4 is 0 Å². The van der Waals surface area contributed by atoms with E-state index < -0.39 is 40.3 Å². The Hall–Kier alpha value is -1.87. The summed E-state index contributed by atoms with van der Waals surface area (Å²) in [5.74, 6) is -0.382.